The summed E-state index contributed by atoms with van der Waals surface area (Å²) in [5.74, 6) is 0. The van der Waals surface area contributed by atoms with Gasteiger partial charge in [0.25, 0.3) is 0 Å². The average molecular weight is 213 g/mol. The number of hydrogen-bond acceptors (Lipinski definition) is 2. The summed E-state index contributed by atoms with van der Waals surface area (Å²) in [5.41, 5.74) is 6.09. The second-order valence-corrected chi connectivity index (χ2v) is 4.77. The molecule has 2 unspecified atom stereocenters. The van der Waals surface area contributed by atoms with E-state index >= 15 is 0 Å². The molecule has 90 valence electrons. The Morgan fingerprint density at radius 3 is 2.60 bits per heavy atom. The molecule has 2 atom stereocenters. The second kappa shape index (κ2) is 8.12. The number of nitrogens with two attached hydrogens (primary N) is 1. The van der Waals surface area contributed by atoms with Crippen molar-refractivity contribution in [2.75, 3.05) is 6.61 Å². The van der Waals surface area contributed by atoms with E-state index in [9.17, 15) is 0 Å². The fraction of sp³-hybridized carbons (Fsp3) is 1.00. The summed E-state index contributed by atoms with van der Waals surface area (Å²) in [5, 5.41) is 0. The van der Waals surface area contributed by atoms with Gasteiger partial charge in [0, 0.05) is 12.6 Å². The van der Waals surface area contributed by atoms with Crippen LogP contribution in [0.4, 0.5) is 0 Å². The van der Waals surface area contributed by atoms with Gasteiger partial charge in [-0.2, -0.15) is 0 Å². The highest BCUT2D eigenvalue weighted by Crippen LogP contribution is 2.18. The van der Waals surface area contributed by atoms with Gasteiger partial charge in [-0.05, 0) is 19.3 Å². The predicted molar refractivity (Wildman–Crippen MR) is 64.9 cm³/mol. The van der Waals surface area contributed by atoms with Crippen molar-refractivity contribution in [3.63, 3.8) is 0 Å². The molecule has 0 aliphatic carbocycles. The molecule has 0 aromatic rings. The molecule has 1 aliphatic heterocycles. The molecule has 0 spiro atoms. The van der Waals surface area contributed by atoms with Crippen LogP contribution in [0.15, 0.2) is 0 Å². The van der Waals surface area contributed by atoms with Crippen LogP contribution in [0.2, 0.25) is 0 Å². The third-order valence-electron chi connectivity index (χ3n) is 3.33. The molecule has 1 rings (SSSR count). The molecule has 2 nitrogen and oxygen atoms in total. The molecule has 0 bridgehead atoms. The van der Waals surface area contributed by atoms with Crippen molar-refractivity contribution < 1.29 is 4.74 Å². The Kier molecular flexibility index (Phi) is 7.03. The summed E-state index contributed by atoms with van der Waals surface area (Å²) in [7, 11) is 0. The Hall–Kier alpha value is -0.0800. The topological polar surface area (TPSA) is 35.2 Å². The van der Waals surface area contributed by atoms with Crippen LogP contribution < -0.4 is 5.73 Å². The smallest absolute Gasteiger partial charge is 0.0726 e. The zero-order valence-electron chi connectivity index (χ0n) is 10.2. The SMILES string of the molecule is CCCCCCCCC(N)C1CCCO1. The average Bonchev–Trinajstić information content (AvgIpc) is 2.76. The maximum Gasteiger partial charge on any atom is 0.0726 e. The first-order valence-corrected chi connectivity index (χ1v) is 6.71. The normalized spacial score (nSPS) is 23.2. The molecule has 0 radical (unpaired) electrons. The lowest BCUT2D eigenvalue weighted by Gasteiger charge is -2.18. The van der Waals surface area contributed by atoms with E-state index in [1.807, 2.05) is 0 Å². The van der Waals surface area contributed by atoms with Gasteiger partial charge in [-0.1, -0.05) is 45.4 Å². The summed E-state index contributed by atoms with van der Waals surface area (Å²) >= 11 is 0. The molecule has 1 aliphatic rings. The standard InChI is InChI=1S/C13H27NO/c1-2-3-4-5-6-7-9-12(14)13-10-8-11-15-13/h12-13H,2-11,14H2,1H3. The second-order valence-electron chi connectivity index (χ2n) is 4.77. The van der Waals surface area contributed by atoms with Gasteiger partial charge >= 0.3 is 0 Å². The predicted octanol–water partition coefficient (Wildman–Crippen LogP) is 3.24. The van der Waals surface area contributed by atoms with Crippen LogP contribution in [-0.2, 0) is 4.74 Å². The van der Waals surface area contributed by atoms with Gasteiger partial charge in [0.15, 0.2) is 0 Å². The maximum atomic E-state index is 6.09. The van der Waals surface area contributed by atoms with E-state index in [0.717, 1.165) is 13.0 Å². The number of ether oxygens (including phenoxy) is 1. The lowest BCUT2D eigenvalue weighted by Crippen LogP contribution is -2.33. The Morgan fingerprint density at radius 2 is 1.93 bits per heavy atom. The summed E-state index contributed by atoms with van der Waals surface area (Å²) in [4.78, 5) is 0. The molecule has 15 heavy (non-hydrogen) atoms. The first kappa shape index (κ1) is 13.0. The minimum absolute atomic E-state index is 0.290. The molecule has 1 saturated heterocycles. The van der Waals surface area contributed by atoms with Gasteiger partial charge in [-0.15, -0.1) is 0 Å². The third kappa shape index (κ3) is 5.53. The Bertz CT molecular complexity index is 143. The van der Waals surface area contributed by atoms with E-state index in [-0.39, 0.29) is 0 Å². The van der Waals surface area contributed by atoms with Gasteiger partial charge in [0.1, 0.15) is 0 Å². The number of hydrogen-bond donors (Lipinski definition) is 1. The molecule has 2 heteroatoms. The number of unbranched alkanes of at least 4 members (excludes halogenated alkanes) is 5. The fourth-order valence-electron chi connectivity index (χ4n) is 2.29. The molecule has 2 N–H and O–H groups in total. The molecular weight excluding hydrogens is 186 g/mol. The fourth-order valence-corrected chi connectivity index (χ4v) is 2.29. The van der Waals surface area contributed by atoms with Crippen molar-refractivity contribution in [1.82, 2.24) is 0 Å². The quantitative estimate of drug-likeness (QED) is 0.628. The summed E-state index contributed by atoms with van der Waals surface area (Å²) in [6.07, 6.45) is 12.0. The van der Waals surface area contributed by atoms with E-state index in [2.05, 4.69) is 6.92 Å². The van der Waals surface area contributed by atoms with Gasteiger partial charge in [0.2, 0.25) is 0 Å². The first-order valence-electron chi connectivity index (χ1n) is 6.71. The van der Waals surface area contributed by atoms with Crippen LogP contribution in [0.1, 0.15) is 64.7 Å². The highest BCUT2D eigenvalue weighted by Gasteiger charge is 2.21. The monoisotopic (exact) mass is 213 g/mol. The van der Waals surface area contributed by atoms with Crippen molar-refractivity contribution in [2.24, 2.45) is 5.73 Å². The van der Waals surface area contributed by atoms with Crippen LogP contribution in [-0.4, -0.2) is 18.8 Å². The summed E-state index contributed by atoms with van der Waals surface area (Å²) < 4.78 is 5.59. The highest BCUT2D eigenvalue weighted by atomic mass is 16.5. The Balaban J connectivity index is 1.90. The van der Waals surface area contributed by atoms with Gasteiger partial charge < -0.3 is 10.5 Å². The molecule has 1 fully saturated rings. The van der Waals surface area contributed by atoms with Gasteiger partial charge in [-0.25, -0.2) is 0 Å². The van der Waals surface area contributed by atoms with E-state index < -0.39 is 0 Å². The zero-order valence-corrected chi connectivity index (χ0v) is 10.2. The molecular formula is C13H27NO. The van der Waals surface area contributed by atoms with Crippen LogP contribution in [0.5, 0.6) is 0 Å². The number of rotatable bonds is 8. The van der Waals surface area contributed by atoms with Gasteiger partial charge in [0.05, 0.1) is 6.10 Å². The van der Waals surface area contributed by atoms with E-state index in [0.29, 0.717) is 12.1 Å². The maximum absolute atomic E-state index is 6.09. The summed E-state index contributed by atoms with van der Waals surface area (Å²) in [6.45, 7) is 3.18. The van der Waals surface area contributed by atoms with Crippen molar-refractivity contribution in [3.8, 4) is 0 Å². The van der Waals surface area contributed by atoms with Crippen molar-refractivity contribution in [2.45, 2.75) is 76.9 Å². The van der Waals surface area contributed by atoms with Crippen LogP contribution in [0.25, 0.3) is 0 Å². The van der Waals surface area contributed by atoms with E-state index in [4.69, 9.17) is 10.5 Å². The van der Waals surface area contributed by atoms with Crippen LogP contribution in [0.3, 0.4) is 0 Å². The molecule has 1 heterocycles. The largest absolute Gasteiger partial charge is 0.377 e. The van der Waals surface area contributed by atoms with E-state index in [1.54, 1.807) is 0 Å². The van der Waals surface area contributed by atoms with Crippen molar-refractivity contribution >= 4 is 0 Å². The summed E-state index contributed by atoms with van der Waals surface area (Å²) in [6, 6.07) is 0.290. The van der Waals surface area contributed by atoms with E-state index in [1.165, 1.54) is 51.4 Å². The van der Waals surface area contributed by atoms with Gasteiger partial charge in [-0.3, -0.25) is 0 Å². The zero-order chi connectivity index (χ0) is 10.9. The molecule has 0 saturated carbocycles. The van der Waals surface area contributed by atoms with Crippen LogP contribution in [0, 0.1) is 0 Å². The molecule has 0 amide bonds. The third-order valence-corrected chi connectivity index (χ3v) is 3.33. The molecule has 0 aromatic carbocycles. The first-order chi connectivity index (χ1) is 7.34. The minimum Gasteiger partial charge on any atom is -0.377 e. The van der Waals surface area contributed by atoms with Crippen molar-refractivity contribution in [3.05, 3.63) is 0 Å². The Labute approximate surface area is 94.6 Å². The lowest BCUT2D eigenvalue weighted by atomic mass is 10.0. The highest BCUT2D eigenvalue weighted by molar-refractivity contribution is 4.77. The molecule has 0 aromatic heterocycles. The van der Waals surface area contributed by atoms with Crippen molar-refractivity contribution in [1.29, 1.82) is 0 Å². The minimum atomic E-state index is 0.290. The lowest BCUT2D eigenvalue weighted by molar-refractivity contribution is 0.0867. The van der Waals surface area contributed by atoms with Crippen LogP contribution >= 0.6 is 0 Å². The Morgan fingerprint density at radius 1 is 1.20 bits per heavy atom.